The Labute approximate surface area is 299 Å². The largest absolute Gasteiger partial charge is 0.465 e. The van der Waals surface area contributed by atoms with Crippen LogP contribution in [0.25, 0.3) is 61.3 Å². The Morgan fingerprint density at radius 3 is 2.10 bits per heavy atom. The highest BCUT2D eigenvalue weighted by Crippen LogP contribution is 2.46. The van der Waals surface area contributed by atoms with Gasteiger partial charge in [-0.3, -0.25) is 0 Å². The fourth-order valence-corrected chi connectivity index (χ4v) is 8.34. The number of nitrogens with zero attached hydrogens (tertiary/aromatic N) is 5. The third kappa shape index (κ3) is 4.90. The lowest BCUT2D eigenvalue weighted by Crippen LogP contribution is -2.22. The van der Waals surface area contributed by atoms with Crippen LogP contribution >= 0.6 is 0 Å². The van der Waals surface area contributed by atoms with E-state index in [1.54, 1.807) is 0 Å². The Balaban J connectivity index is 0.998. The average molecular weight is 684 g/mol. The van der Waals surface area contributed by atoms with Crippen LogP contribution < -0.4 is 15.4 Å². The molecule has 5 aromatic heterocycles. The molecule has 3 aliphatic rings. The van der Waals surface area contributed by atoms with Crippen molar-refractivity contribution < 1.29 is 4.74 Å². The lowest BCUT2D eigenvalue weighted by Gasteiger charge is -2.30. The zero-order chi connectivity index (χ0) is 34.2. The predicted molar refractivity (Wildman–Crippen MR) is 202 cm³/mol. The minimum absolute atomic E-state index is 0.283. The van der Waals surface area contributed by atoms with Crippen molar-refractivity contribution in [2.75, 3.05) is 13.1 Å². The molecule has 2 saturated heterocycles. The monoisotopic (exact) mass is 683 g/mol. The highest BCUT2D eigenvalue weighted by atomic mass is 16.5. The third-order valence-electron chi connectivity index (χ3n) is 11.1. The van der Waals surface area contributed by atoms with Gasteiger partial charge in [0.25, 0.3) is 0 Å². The van der Waals surface area contributed by atoms with E-state index in [0.717, 1.165) is 110 Å². The van der Waals surface area contributed by atoms with Gasteiger partial charge in [-0.1, -0.05) is 42.5 Å². The van der Waals surface area contributed by atoms with Crippen LogP contribution in [-0.4, -0.2) is 47.0 Å². The van der Waals surface area contributed by atoms with Crippen LogP contribution in [0.4, 0.5) is 0 Å². The van der Waals surface area contributed by atoms with E-state index in [9.17, 15) is 0 Å². The number of nitrogens with one attached hydrogen (secondary N) is 4. The molecule has 0 radical (unpaired) electrons. The predicted octanol–water partition coefficient (Wildman–Crippen LogP) is 8.19. The number of fused-ring (bicyclic) bond motifs is 6. The summed E-state index contributed by atoms with van der Waals surface area (Å²) in [6, 6.07) is 29.1. The summed E-state index contributed by atoms with van der Waals surface area (Å²) in [4.78, 5) is 20.9. The minimum Gasteiger partial charge on any atom is -0.465 e. The van der Waals surface area contributed by atoms with Crippen molar-refractivity contribution in [1.29, 1.82) is 0 Å². The fourth-order valence-electron chi connectivity index (χ4n) is 8.34. The fraction of sp³-hybridized carbons (Fsp3) is 0.214. The quantitative estimate of drug-likeness (QED) is 0.141. The SMILES string of the molecule is c1cc(C2Oc3cc(-c4cnc(C5CCCN5)[nH]4)ccc3-c3cc4cc(-c5cnc([C@@H]6CCCN6)[nH]5)ccc4n32)ccc1-c1ccc2cncn2c1. The zero-order valence-electron chi connectivity index (χ0n) is 28.5. The van der Waals surface area contributed by atoms with E-state index >= 15 is 0 Å². The maximum atomic E-state index is 7.03. The van der Waals surface area contributed by atoms with Gasteiger partial charge < -0.3 is 34.3 Å². The molecule has 0 aliphatic carbocycles. The van der Waals surface area contributed by atoms with Crippen molar-refractivity contribution in [2.45, 2.75) is 44.0 Å². The smallest absolute Gasteiger partial charge is 0.203 e. The molecule has 256 valence electrons. The van der Waals surface area contributed by atoms with Gasteiger partial charge in [-0.25, -0.2) is 15.0 Å². The summed E-state index contributed by atoms with van der Waals surface area (Å²) >= 11 is 0. The number of pyridine rings is 1. The summed E-state index contributed by atoms with van der Waals surface area (Å²) in [5, 5.41) is 8.26. The third-order valence-corrected chi connectivity index (χ3v) is 11.1. The van der Waals surface area contributed by atoms with Crippen LogP contribution in [0.3, 0.4) is 0 Å². The van der Waals surface area contributed by atoms with Crippen molar-refractivity contribution in [2.24, 2.45) is 0 Å². The molecule has 8 heterocycles. The molecule has 2 unspecified atom stereocenters. The van der Waals surface area contributed by atoms with Crippen LogP contribution in [0.1, 0.15) is 61.2 Å². The second-order valence-corrected chi connectivity index (χ2v) is 14.3. The van der Waals surface area contributed by atoms with E-state index in [-0.39, 0.29) is 12.3 Å². The number of benzene rings is 3. The van der Waals surface area contributed by atoms with E-state index in [1.165, 1.54) is 12.8 Å². The number of rotatable bonds is 6. The van der Waals surface area contributed by atoms with Gasteiger partial charge >= 0.3 is 0 Å². The lowest BCUT2D eigenvalue weighted by atomic mass is 10.0. The molecule has 8 aromatic rings. The van der Waals surface area contributed by atoms with Gasteiger partial charge in [-0.15, -0.1) is 0 Å². The van der Waals surface area contributed by atoms with Gasteiger partial charge in [-0.05, 0) is 86.3 Å². The number of hydrogen-bond donors (Lipinski definition) is 4. The molecule has 11 rings (SSSR count). The molecule has 3 aromatic carbocycles. The average Bonchev–Trinajstić information content (AvgIpc) is 4.03. The number of aromatic amines is 2. The lowest BCUT2D eigenvalue weighted by molar-refractivity contribution is 0.173. The summed E-state index contributed by atoms with van der Waals surface area (Å²) in [6.45, 7) is 2.08. The van der Waals surface area contributed by atoms with Crippen LogP contribution in [0.5, 0.6) is 5.75 Å². The van der Waals surface area contributed by atoms with E-state index in [2.05, 4.69) is 120 Å². The number of ether oxygens (including phenoxy) is 1. The molecule has 0 saturated carbocycles. The van der Waals surface area contributed by atoms with Crippen LogP contribution in [0.2, 0.25) is 0 Å². The van der Waals surface area contributed by atoms with Gasteiger partial charge in [0.1, 0.15) is 17.4 Å². The zero-order valence-corrected chi connectivity index (χ0v) is 28.5. The van der Waals surface area contributed by atoms with Crippen LogP contribution in [-0.2, 0) is 0 Å². The van der Waals surface area contributed by atoms with Crippen molar-refractivity contribution in [3.05, 3.63) is 127 Å². The molecule has 4 N–H and O–H groups in total. The maximum absolute atomic E-state index is 7.03. The first-order valence-electron chi connectivity index (χ1n) is 18.3. The molecule has 10 heteroatoms. The van der Waals surface area contributed by atoms with E-state index in [0.29, 0.717) is 6.04 Å². The summed E-state index contributed by atoms with van der Waals surface area (Å²) in [7, 11) is 0. The van der Waals surface area contributed by atoms with Gasteiger partial charge in [0.15, 0.2) is 0 Å². The van der Waals surface area contributed by atoms with E-state index in [1.807, 2.05) is 24.9 Å². The highest BCUT2D eigenvalue weighted by molar-refractivity contribution is 5.92. The Kier molecular flexibility index (Phi) is 6.74. The first kappa shape index (κ1) is 29.7. The molecular weight excluding hydrogens is 647 g/mol. The Morgan fingerprint density at radius 1 is 0.673 bits per heavy atom. The van der Waals surface area contributed by atoms with Crippen molar-refractivity contribution in [1.82, 2.24) is 44.5 Å². The van der Waals surface area contributed by atoms with Crippen molar-refractivity contribution in [3.8, 4) is 50.6 Å². The molecule has 2 fully saturated rings. The van der Waals surface area contributed by atoms with Crippen molar-refractivity contribution >= 4 is 16.4 Å². The Hall–Kier alpha value is -5.97. The highest BCUT2D eigenvalue weighted by Gasteiger charge is 2.30. The van der Waals surface area contributed by atoms with Crippen LogP contribution in [0, 0.1) is 0 Å². The first-order chi connectivity index (χ1) is 25.7. The molecule has 0 spiro atoms. The summed E-state index contributed by atoms with van der Waals surface area (Å²) < 4.78 is 11.4. The van der Waals surface area contributed by atoms with E-state index in [4.69, 9.17) is 14.7 Å². The molecule has 3 atom stereocenters. The number of imidazole rings is 3. The second-order valence-electron chi connectivity index (χ2n) is 14.3. The number of aromatic nitrogens is 7. The van der Waals surface area contributed by atoms with Crippen molar-refractivity contribution in [3.63, 3.8) is 0 Å². The molecule has 3 aliphatic heterocycles. The molecular formula is C42H37N9O. The maximum Gasteiger partial charge on any atom is 0.203 e. The molecule has 52 heavy (non-hydrogen) atoms. The second kappa shape index (κ2) is 11.8. The number of H-pyrrole nitrogens is 2. The Bertz CT molecular complexity index is 2600. The molecule has 0 amide bonds. The molecule has 0 bridgehead atoms. The first-order valence-corrected chi connectivity index (χ1v) is 18.3. The van der Waals surface area contributed by atoms with Crippen LogP contribution in [0.15, 0.2) is 110 Å². The van der Waals surface area contributed by atoms with Gasteiger partial charge in [0.2, 0.25) is 6.23 Å². The summed E-state index contributed by atoms with van der Waals surface area (Å²) in [5.74, 6) is 2.86. The minimum atomic E-state index is -0.363. The normalized spacial score (nSPS) is 19.7. The topological polar surface area (TPSA) is 113 Å². The van der Waals surface area contributed by atoms with E-state index < -0.39 is 0 Å². The number of hydrogen-bond acceptors (Lipinski definition) is 6. The standard InChI is InChI=1S/C42H37N9O/c1-3-33(44-15-1)40-46-21-35(48-40)27-11-14-37-30(17-27)18-38-32-13-10-28(36-22-47-41(49-36)34-4-2-16-45-34)19-39(32)52-42(51(37)38)26-7-5-25(6-8-26)29-9-12-31-20-43-24-50(31)23-29/h5-14,17-24,33-34,42,44-45H,1-4,15-16H2,(H,46,48)(H,47,49)/t33-,34?,42?/m0/s1. The van der Waals surface area contributed by atoms with Gasteiger partial charge in [0, 0.05) is 33.8 Å². The summed E-state index contributed by atoms with van der Waals surface area (Å²) in [6.07, 6.45) is 13.9. The van der Waals surface area contributed by atoms with Gasteiger partial charge in [0.05, 0.1) is 65.1 Å². The Morgan fingerprint density at radius 2 is 1.37 bits per heavy atom. The molecule has 10 nitrogen and oxygen atoms in total. The van der Waals surface area contributed by atoms with Gasteiger partial charge in [-0.2, -0.15) is 0 Å². The summed E-state index contributed by atoms with van der Waals surface area (Å²) in [5.41, 5.74) is 11.9.